The Morgan fingerprint density at radius 2 is 2.05 bits per heavy atom. The summed E-state index contributed by atoms with van der Waals surface area (Å²) in [5.74, 6) is 1.05. The summed E-state index contributed by atoms with van der Waals surface area (Å²) in [5, 5.41) is 3.11. The maximum absolute atomic E-state index is 12.3. The number of benzene rings is 1. The Kier molecular flexibility index (Phi) is 2.77. The highest BCUT2D eigenvalue weighted by Crippen LogP contribution is 2.38. The van der Waals surface area contributed by atoms with Gasteiger partial charge in [-0.2, -0.15) is 0 Å². The standard InChI is InChI=1S/C14H18N2O3/c1-2-14(4-3-5-14)16-13(17)9-6-11-12(7-10(9)15)19-8-18-11/h6-7H,2-5,8,15H2,1H3,(H,16,17). The van der Waals surface area contributed by atoms with Crippen LogP contribution in [-0.4, -0.2) is 18.2 Å². The molecule has 2 aliphatic rings. The lowest BCUT2D eigenvalue weighted by atomic mass is 9.74. The Labute approximate surface area is 112 Å². The van der Waals surface area contributed by atoms with Gasteiger partial charge in [0.2, 0.25) is 6.79 Å². The molecule has 0 saturated heterocycles. The minimum atomic E-state index is -0.127. The average molecular weight is 262 g/mol. The van der Waals surface area contributed by atoms with Crippen LogP contribution >= 0.6 is 0 Å². The molecule has 0 atom stereocenters. The topological polar surface area (TPSA) is 73.6 Å². The van der Waals surface area contributed by atoms with Gasteiger partial charge in [0.05, 0.1) is 5.56 Å². The lowest BCUT2D eigenvalue weighted by molar-refractivity contribution is 0.0821. The van der Waals surface area contributed by atoms with Crippen LogP contribution in [0.5, 0.6) is 11.5 Å². The van der Waals surface area contributed by atoms with Crippen LogP contribution < -0.4 is 20.5 Å². The van der Waals surface area contributed by atoms with Crippen LogP contribution in [0.3, 0.4) is 0 Å². The molecule has 102 valence electrons. The number of rotatable bonds is 3. The largest absolute Gasteiger partial charge is 0.454 e. The molecular formula is C14H18N2O3. The van der Waals surface area contributed by atoms with Gasteiger partial charge in [-0.15, -0.1) is 0 Å². The molecule has 1 saturated carbocycles. The van der Waals surface area contributed by atoms with Gasteiger partial charge in [-0.1, -0.05) is 6.92 Å². The Morgan fingerprint density at radius 3 is 2.63 bits per heavy atom. The molecule has 5 heteroatoms. The molecule has 1 aromatic carbocycles. The molecule has 1 fully saturated rings. The van der Waals surface area contributed by atoms with Crippen molar-refractivity contribution in [3.8, 4) is 11.5 Å². The molecule has 19 heavy (non-hydrogen) atoms. The minimum absolute atomic E-state index is 0.0418. The van der Waals surface area contributed by atoms with E-state index in [2.05, 4.69) is 12.2 Å². The van der Waals surface area contributed by atoms with Crippen molar-refractivity contribution >= 4 is 11.6 Å². The van der Waals surface area contributed by atoms with Gasteiger partial charge < -0.3 is 20.5 Å². The van der Waals surface area contributed by atoms with Gasteiger partial charge in [0.15, 0.2) is 11.5 Å². The van der Waals surface area contributed by atoms with E-state index in [1.807, 2.05) is 0 Å². The van der Waals surface area contributed by atoms with E-state index in [9.17, 15) is 4.79 Å². The summed E-state index contributed by atoms with van der Waals surface area (Å²) in [7, 11) is 0. The van der Waals surface area contributed by atoms with E-state index in [1.165, 1.54) is 6.42 Å². The van der Waals surface area contributed by atoms with Crippen LogP contribution in [0.1, 0.15) is 43.0 Å². The predicted octanol–water partition coefficient (Wildman–Crippen LogP) is 2.06. The number of nitrogens with two attached hydrogens (primary N) is 1. The van der Waals surface area contributed by atoms with E-state index in [0.717, 1.165) is 19.3 Å². The van der Waals surface area contributed by atoms with Gasteiger partial charge in [0.1, 0.15) is 0 Å². The Balaban J connectivity index is 1.84. The van der Waals surface area contributed by atoms with Crippen molar-refractivity contribution < 1.29 is 14.3 Å². The molecule has 0 unspecified atom stereocenters. The third kappa shape index (κ3) is 1.99. The van der Waals surface area contributed by atoms with Crippen LogP contribution in [0.2, 0.25) is 0 Å². The van der Waals surface area contributed by atoms with E-state index in [4.69, 9.17) is 15.2 Å². The number of anilines is 1. The molecule has 0 aromatic heterocycles. The monoisotopic (exact) mass is 262 g/mol. The number of fused-ring (bicyclic) bond motifs is 1. The number of carbonyl (C=O) groups is 1. The van der Waals surface area contributed by atoms with Crippen molar-refractivity contribution in [3.05, 3.63) is 17.7 Å². The number of hydrogen-bond acceptors (Lipinski definition) is 4. The smallest absolute Gasteiger partial charge is 0.253 e. The van der Waals surface area contributed by atoms with Gasteiger partial charge in [0.25, 0.3) is 5.91 Å². The summed E-state index contributed by atoms with van der Waals surface area (Å²) in [6, 6.07) is 3.31. The zero-order chi connectivity index (χ0) is 13.5. The van der Waals surface area contributed by atoms with Gasteiger partial charge in [0, 0.05) is 17.3 Å². The van der Waals surface area contributed by atoms with Crippen LogP contribution in [-0.2, 0) is 0 Å². The molecule has 1 aliphatic heterocycles. The van der Waals surface area contributed by atoms with E-state index in [1.54, 1.807) is 12.1 Å². The molecule has 5 nitrogen and oxygen atoms in total. The Morgan fingerprint density at radius 1 is 1.37 bits per heavy atom. The molecule has 0 radical (unpaired) electrons. The van der Waals surface area contributed by atoms with Gasteiger partial charge in [-0.05, 0) is 31.7 Å². The first-order valence-electron chi connectivity index (χ1n) is 6.65. The van der Waals surface area contributed by atoms with Gasteiger partial charge >= 0.3 is 0 Å². The molecule has 1 heterocycles. The summed E-state index contributed by atoms with van der Waals surface area (Å²) >= 11 is 0. The highest BCUT2D eigenvalue weighted by Gasteiger charge is 2.37. The highest BCUT2D eigenvalue weighted by atomic mass is 16.7. The van der Waals surface area contributed by atoms with Crippen molar-refractivity contribution in [1.29, 1.82) is 0 Å². The van der Waals surface area contributed by atoms with Crippen molar-refractivity contribution in [1.82, 2.24) is 5.32 Å². The van der Waals surface area contributed by atoms with E-state index < -0.39 is 0 Å². The predicted molar refractivity (Wildman–Crippen MR) is 71.3 cm³/mol. The quantitative estimate of drug-likeness (QED) is 0.818. The molecule has 3 N–H and O–H groups in total. The van der Waals surface area contributed by atoms with Crippen LogP contribution in [0, 0.1) is 0 Å². The molecule has 0 spiro atoms. The molecule has 0 bridgehead atoms. The summed E-state index contributed by atoms with van der Waals surface area (Å²) in [5.41, 5.74) is 6.76. The number of nitrogen functional groups attached to an aromatic ring is 1. The van der Waals surface area contributed by atoms with E-state index in [0.29, 0.717) is 22.7 Å². The fourth-order valence-electron chi connectivity index (χ4n) is 2.63. The Hall–Kier alpha value is -1.91. The molecule has 1 aliphatic carbocycles. The summed E-state index contributed by atoms with van der Waals surface area (Å²) < 4.78 is 10.5. The maximum Gasteiger partial charge on any atom is 0.253 e. The van der Waals surface area contributed by atoms with E-state index >= 15 is 0 Å². The highest BCUT2D eigenvalue weighted by molar-refractivity contribution is 6.00. The van der Waals surface area contributed by atoms with Crippen molar-refractivity contribution in [2.24, 2.45) is 0 Å². The second kappa shape index (κ2) is 4.33. The van der Waals surface area contributed by atoms with Crippen molar-refractivity contribution in [2.45, 2.75) is 38.1 Å². The average Bonchev–Trinajstić information content (AvgIpc) is 2.79. The lowest BCUT2D eigenvalue weighted by Gasteiger charge is -2.42. The molecule has 1 aromatic rings. The zero-order valence-corrected chi connectivity index (χ0v) is 11.0. The first-order chi connectivity index (χ1) is 9.13. The third-order valence-corrected chi connectivity index (χ3v) is 4.16. The number of ether oxygens (including phenoxy) is 2. The lowest BCUT2D eigenvalue weighted by Crippen LogP contribution is -2.53. The second-order valence-electron chi connectivity index (χ2n) is 5.23. The number of hydrogen-bond donors (Lipinski definition) is 2. The fraction of sp³-hybridized carbons (Fsp3) is 0.500. The van der Waals surface area contributed by atoms with Crippen LogP contribution in [0.4, 0.5) is 5.69 Å². The van der Waals surface area contributed by atoms with Gasteiger partial charge in [-0.3, -0.25) is 4.79 Å². The second-order valence-corrected chi connectivity index (χ2v) is 5.23. The summed E-state index contributed by atoms with van der Waals surface area (Å²) in [4.78, 5) is 12.3. The minimum Gasteiger partial charge on any atom is -0.454 e. The molecule has 3 rings (SSSR count). The number of carbonyl (C=O) groups excluding carboxylic acids is 1. The molecule has 1 amide bonds. The van der Waals surface area contributed by atoms with Crippen molar-refractivity contribution in [3.63, 3.8) is 0 Å². The van der Waals surface area contributed by atoms with Crippen LogP contribution in [0.15, 0.2) is 12.1 Å². The third-order valence-electron chi connectivity index (χ3n) is 4.16. The Bertz CT molecular complexity index is 518. The van der Waals surface area contributed by atoms with Crippen LogP contribution in [0.25, 0.3) is 0 Å². The summed E-state index contributed by atoms with van der Waals surface area (Å²) in [6.07, 6.45) is 4.20. The zero-order valence-electron chi connectivity index (χ0n) is 11.0. The van der Waals surface area contributed by atoms with E-state index in [-0.39, 0.29) is 18.2 Å². The SMILES string of the molecule is CCC1(NC(=O)c2cc3c(cc2N)OCO3)CCC1. The maximum atomic E-state index is 12.3. The summed E-state index contributed by atoms with van der Waals surface area (Å²) in [6.45, 7) is 2.28. The fourth-order valence-corrected chi connectivity index (χ4v) is 2.63. The first-order valence-corrected chi connectivity index (χ1v) is 6.65. The first kappa shape index (κ1) is 12.1. The normalized spacial score (nSPS) is 18.8. The molecular weight excluding hydrogens is 244 g/mol. The number of amides is 1. The van der Waals surface area contributed by atoms with Crippen molar-refractivity contribution in [2.75, 3.05) is 12.5 Å². The van der Waals surface area contributed by atoms with Gasteiger partial charge in [-0.25, -0.2) is 0 Å². The number of nitrogens with one attached hydrogen (secondary N) is 1.